The zero-order valence-corrected chi connectivity index (χ0v) is 12.2. The van der Waals surface area contributed by atoms with Crippen molar-refractivity contribution in [1.29, 1.82) is 0 Å². The average molecular weight is 283 g/mol. The zero-order valence-electron chi connectivity index (χ0n) is 12.2. The minimum atomic E-state index is -1.02. The Hall–Kier alpha value is -1.62. The second-order valence-corrected chi connectivity index (χ2v) is 5.00. The van der Waals surface area contributed by atoms with E-state index in [1.54, 1.807) is 19.9 Å². The summed E-state index contributed by atoms with van der Waals surface area (Å²) in [6, 6.07) is 4.40. The summed E-state index contributed by atoms with van der Waals surface area (Å²) in [4.78, 5) is 11.6. The molecule has 1 rings (SSSR count). The van der Waals surface area contributed by atoms with E-state index in [-0.39, 0.29) is 5.82 Å². The summed E-state index contributed by atoms with van der Waals surface area (Å²) >= 11 is 0. The van der Waals surface area contributed by atoms with Gasteiger partial charge in [0.15, 0.2) is 0 Å². The predicted molar refractivity (Wildman–Crippen MR) is 75.1 cm³/mol. The van der Waals surface area contributed by atoms with Crippen LogP contribution >= 0.6 is 0 Å². The van der Waals surface area contributed by atoms with Crippen molar-refractivity contribution >= 4 is 5.97 Å². The number of hydrogen-bond donors (Lipinski definition) is 1. The largest absolute Gasteiger partial charge is 0.493 e. The zero-order chi connectivity index (χ0) is 15.2. The Labute approximate surface area is 119 Å². The number of nitrogens with two attached hydrogens (primary N) is 1. The van der Waals surface area contributed by atoms with Gasteiger partial charge in [0, 0.05) is 6.07 Å². The third-order valence-corrected chi connectivity index (χ3v) is 2.99. The Kier molecular flexibility index (Phi) is 5.95. The van der Waals surface area contributed by atoms with Gasteiger partial charge in [0.25, 0.3) is 0 Å². The third kappa shape index (κ3) is 4.81. The van der Waals surface area contributed by atoms with Gasteiger partial charge in [0.1, 0.15) is 17.1 Å². The molecule has 0 saturated heterocycles. The lowest BCUT2D eigenvalue weighted by atomic mass is 9.98. The Balaban J connectivity index is 2.41. The number of benzene rings is 1. The molecule has 112 valence electrons. The lowest BCUT2D eigenvalue weighted by Crippen LogP contribution is -2.46. The van der Waals surface area contributed by atoms with Crippen LogP contribution in [-0.2, 0) is 9.53 Å². The van der Waals surface area contributed by atoms with Crippen molar-refractivity contribution in [1.82, 2.24) is 0 Å². The molecule has 0 aliphatic rings. The summed E-state index contributed by atoms with van der Waals surface area (Å²) in [6.07, 6.45) is 1.03. The summed E-state index contributed by atoms with van der Waals surface area (Å²) in [6.45, 7) is 5.91. The van der Waals surface area contributed by atoms with E-state index in [0.717, 1.165) is 5.56 Å². The van der Waals surface area contributed by atoms with Crippen LogP contribution in [-0.4, -0.2) is 24.7 Å². The van der Waals surface area contributed by atoms with Crippen molar-refractivity contribution in [2.75, 3.05) is 13.2 Å². The summed E-state index contributed by atoms with van der Waals surface area (Å²) in [5.74, 6) is -0.234. The normalized spacial score (nSPS) is 13.7. The smallest absolute Gasteiger partial charge is 0.325 e. The molecule has 1 aromatic carbocycles. The lowest BCUT2D eigenvalue weighted by Gasteiger charge is -2.22. The molecule has 4 nitrogen and oxygen atoms in total. The molecule has 20 heavy (non-hydrogen) atoms. The maximum Gasteiger partial charge on any atom is 0.325 e. The van der Waals surface area contributed by atoms with Gasteiger partial charge in [-0.25, -0.2) is 4.39 Å². The number of ether oxygens (including phenoxy) is 2. The number of carbonyl (C=O) groups excluding carboxylic acids is 1. The molecule has 0 aromatic heterocycles. The van der Waals surface area contributed by atoms with Crippen LogP contribution in [0.2, 0.25) is 0 Å². The molecular weight excluding hydrogens is 261 g/mol. The van der Waals surface area contributed by atoms with Gasteiger partial charge in [-0.05, 0) is 45.2 Å². The van der Waals surface area contributed by atoms with Gasteiger partial charge >= 0.3 is 5.97 Å². The van der Waals surface area contributed by atoms with Gasteiger partial charge in [-0.3, -0.25) is 4.79 Å². The molecule has 5 heteroatoms. The highest BCUT2D eigenvalue weighted by molar-refractivity contribution is 5.79. The molecular formula is C15H22FNO3. The Bertz CT molecular complexity index is 460. The maximum atomic E-state index is 13.1. The van der Waals surface area contributed by atoms with Crippen LogP contribution in [0.1, 0.15) is 32.3 Å². The van der Waals surface area contributed by atoms with Gasteiger partial charge in [-0.1, -0.05) is 6.07 Å². The van der Waals surface area contributed by atoms with Crippen LogP contribution in [0, 0.1) is 12.7 Å². The number of carbonyl (C=O) groups is 1. The second kappa shape index (κ2) is 7.24. The number of rotatable bonds is 7. The highest BCUT2D eigenvalue weighted by atomic mass is 19.1. The first-order valence-electron chi connectivity index (χ1n) is 6.72. The molecule has 0 saturated carbocycles. The van der Waals surface area contributed by atoms with E-state index >= 15 is 0 Å². The van der Waals surface area contributed by atoms with Crippen molar-refractivity contribution in [3.8, 4) is 5.75 Å². The number of halogens is 1. The Morgan fingerprint density at radius 1 is 1.45 bits per heavy atom. The van der Waals surface area contributed by atoms with Gasteiger partial charge in [-0.15, -0.1) is 0 Å². The maximum absolute atomic E-state index is 13.1. The molecule has 0 aliphatic heterocycles. The van der Waals surface area contributed by atoms with E-state index in [0.29, 0.717) is 31.8 Å². The minimum absolute atomic E-state index is 0.310. The van der Waals surface area contributed by atoms with E-state index in [9.17, 15) is 9.18 Å². The molecule has 0 aliphatic carbocycles. The van der Waals surface area contributed by atoms with Gasteiger partial charge in [0.2, 0.25) is 0 Å². The van der Waals surface area contributed by atoms with E-state index in [2.05, 4.69) is 0 Å². The van der Waals surface area contributed by atoms with Crippen molar-refractivity contribution in [3.05, 3.63) is 29.6 Å². The molecule has 0 spiro atoms. The first-order chi connectivity index (χ1) is 9.36. The molecule has 1 aromatic rings. The SMILES string of the molecule is CCOC(=O)C(C)(N)CCCOc1cc(F)ccc1C. The van der Waals surface area contributed by atoms with Crippen LogP contribution in [0.3, 0.4) is 0 Å². The van der Waals surface area contributed by atoms with Crippen LogP contribution in [0.4, 0.5) is 4.39 Å². The first kappa shape index (κ1) is 16.4. The molecule has 0 fully saturated rings. The predicted octanol–water partition coefficient (Wildman–Crippen LogP) is 2.57. The standard InChI is InChI=1S/C15H22FNO3/c1-4-19-14(18)15(3,17)8-5-9-20-13-10-12(16)7-6-11(13)2/h6-7,10H,4-5,8-9,17H2,1-3H3. The monoisotopic (exact) mass is 283 g/mol. The van der Waals surface area contributed by atoms with E-state index in [4.69, 9.17) is 15.2 Å². The van der Waals surface area contributed by atoms with Crippen LogP contribution in [0.25, 0.3) is 0 Å². The van der Waals surface area contributed by atoms with Gasteiger partial charge < -0.3 is 15.2 Å². The van der Waals surface area contributed by atoms with Crippen molar-refractivity contribution < 1.29 is 18.7 Å². The molecule has 0 bridgehead atoms. The highest BCUT2D eigenvalue weighted by Gasteiger charge is 2.29. The average Bonchev–Trinajstić information content (AvgIpc) is 2.39. The van der Waals surface area contributed by atoms with Crippen LogP contribution in [0.5, 0.6) is 5.75 Å². The summed E-state index contributed by atoms with van der Waals surface area (Å²) in [5, 5.41) is 0. The summed E-state index contributed by atoms with van der Waals surface area (Å²) in [5.41, 5.74) is 5.74. The highest BCUT2D eigenvalue weighted by Crippen LogP contribution is 2.19. The minimum Gasteiger partial charge on any atom is -0.493 e. The molecule has 0 radical (unpaired) electrons. The van der Waals surface area contributed by atoms with Crippen molar-refractivity contribution in [2.45, 2.75) is 39.2 Å². The fourth-order valence-electron chi connectivity index (χ4n) is 1.75. The van der Waals surface area contributed by atoms with Crippen LogP contribution in [0.15, 0.2) is 18.2 Å². The van der Waals surface area contributed by atoms with E-state index in [1.165, 1.54) is 12.1 Å². The van der Waals surface area contributed by atoms with Crippen LogP contribution < -0.4 is 10.5 Å². The molecule has 0 heterocycles. The number of esters is 1. The number of aryl methyl sites for hydroxylation is 1. The third-order valence-electron chi connectivity index (χ3n) is 2.99. The molecule has 1 atom stereocenters. The summed E-state index contributed by atoms with van der Waals surface area (Å²) < 4.78 is 23.5. The Morgan fingerprint density at radius 2 is 2.15 bits per heavy atom. The topological polar surface area (TPSA) is 61.5 Å². The quantitative estimate of drug-likeness (QED) is 0.617. The first-order valence-corrected chi connectivity index (χ1v) is 6.72. The number of hydrogen-bond acceptors (Lipinski definition) is 4. The van der Waals surface area contributed by atoms with E-state index in [1.807, 2.05) is 6.92 Å². The molecule has 0 amide bonds. The van der Waals surface area contributed by atoms with Gasteiger partial charge in [-0.2, -0.15) is 0 Å². The fraction of sp³-hybridized carbons (Fsp3) is 0.533. The van der Waals surface area contributed by atoms with Gasteiger partial charge in [0.05, 0.1) is 13.2 Å². The fourth-order valence-corrected chi connectivity index (χ4v) is 1.75. The van der Waals surface area contributed by atoms with Crippen molar-refractivity contribution in [3.63, 3.8) is 0 Å². The summed E-state index contributed by atoms with van der Waals surface area (Å²) in [7, 11) is 0. The molecule has 2 N–H and O–H groups in total. The second-order valence-electron chi connectivity index (χ2n) is 5.00. The lowest BCUT2D eigenvalue weighted by molar-refractivity contribution is -0.149. The Morgan fingerprint density at radius 3 is 2.80 bits per heavy atom. The van der Waals surface area contributed by atoms with E-state index < -0.39 is 11.5 Å². The van der Waals surface area contributed by atoms with Crippen molar-refractivity contribution in [2.24, 2.45) is 5.73 Å². The molecule has 1 unspecified atom stereocenters.